The van der Waals surface area contributed by atoms with Crippen molar-refractivity contribution in [3.05, 3.63) is 52.4 Å². The lowest BCUT2D eigenvalue weighted by Gasteiger charge is -2.08. The molecule has 1 amide bonds. The molecule has 0 fully saturated rings. The number of pyridine rings is 2. The molecule has 2 heterocycles. The highest BCUT2D eigenvalue weighted by molar-refractivity contribution is 9.10. The van der Waals surface area contributed by atoms with Gasteiger partial charge in [0.05, 0.1) is 6.42 Å². The number of rotatable bonds is 4. The van der Waals surface area contributed by atoms with Gasteiger partial charge < -0.3 is 5.32 Å². The second-order valence-electron chi connectivity index (χ2n) is 4.05. The monoisotopic (exact) mass is 319 g/mol. The highest BCUT2D eigenvalue weighted by Gasteiger charge is 2.09. The first-order chi connectivity index (χ1) is 9.19. The Hall–Kier alpha value is -1.75. The van der Waals surface area contributed by atoms with E-state index in [2.05, 4.69) is 31.2 Å². The van der Waals surface area contributed by atoms with Crippen molar-refractivity contribution in [3.63, 3.8) is 0 Å². The number of hydrogen-bond donors (Lipinski definition) is 1. The lowest BCUT2D eigenvalue weighted by Crippen LogP contribution is -2.16. The Kier molecular flexibility index (Phi) is 4.63. The van der Waals surface area contributed by atoms with Gasteiger partial charge in [-0.1, -0.05) is 13.0 Å². The summed E-state index contributed by atoms with van der Waals surface area (Å²) in [5.74, 6) is 0.474. The Balaban J connectivity index is 2.09. The zero-order valence-corrected chi connectivity index (χ0v) is 12.1. The molecule has 0 bridgehead atoms. The smallest absolute Gasteiger partial charge is 0.230 e. The molecule has 0 radical (unpaired) electrons. The fourth-order valence-electron chi connectivity index (χ4n) is 1.78. The number of nitrogens with zero attached hydrogens (tertiary/aromatic N) is 2. The van der Waals surface area contributed by atoms with Crippen molar-refractivity contribution >= 4 is 27.7 Å². The van der Waals surface area contributed by atoms with Gasteiger partial charge in [0, 0.05) is 22.6 Å². The summed E-state index contributed by atoms with van der Waals surface area (Å²) in [5, 5.41) is 2.77. The highest BCUT2D eigenvalue weighted by atomic mass is 79.9. The topological polar surface area (TPSA) is 54.9 Å². The number of amides is 1. The summed E-state index contributed by atoms with van der Waals surface area (Å²) in [6.07, 6.45) is 4.50. The van der Waals surface area contributed by atoms with Crippen LogP contribution in [0, 0.1) is 0 Å². The molecule has 0 atom stereocenters. The maximum atomic E-state index is 12.0. The molecule has 0 saturated heterocycles. The molecule has 0 spiro atoms. The van der Waals surface area contributed by atoms with E-state index in [-0.39, 0.29) is 5.91 Å². The molecule has 19 heavy (non-hydrogen) atoms. The molecule has 2 aromatic rings. The standard InChI is InChI=1S/C14H14BrN3O/c1-2-12-10(7-11(15)9-17-12)8-14(19)18-13-5-3-4-6-16-13/h3-7,9H,2,8H2,1H3,(H,16,18,19). The third-order valence-corrected chi connectivity index (χ3v) is 3.08. The number of aromatic nitrogens is 2. The van der Waals surface area contributed by atoms with E-state index >= 15 is 0 Å². The van der Waals surface area contributed by atoms with Crippen LogP contribution < -0.4 is 5.32 Å². The van der Waals surface area contributed by atoms with E-state index in [4.69, 9.17) is 0 Å². The minimum Gasteiger partial charge on any atom is -0.310 e. The fourth-order valence-corrected chi connectivity index (χ4v) is 2.16. The molecule has 5 heteroatoms. The summed E-state index contributed by atoms with van der Waals surface area (Å²) in [7, 11) is 0. The number of nitrogens with one attached hydrogen (secondary N) is 1. The van der Waals surface area contributed by atoms with Gasteiger partial charge in [0.1, 0.15) is 5.82 Å². The second kappa shape index (κ2) is 6.43. The minimum absolute atomic E-state index is 0.0895. The van der Waals surface area contributed by atoms with Crippen molar-refractivity contribution in [2.45, 2.75) is 19.8 Å². The Morgan fingerprint density at radius 1 is 1.37 bits per heavy atom. The van der Waals surface area contributed by atoms with Gasteiger partial charge in [-0.3, -0.25) is 9.78 Å². The first-order valence-corrected chi connectivity index (χ1v) is 6.82. The number of aryl methyl sites for hydroxylation is 1. The van der Waals surface area contributed by atoms with Gasteiger partial charge in [0.25, 0.3) is 0 Å². The molecular formula is C14H14BrN3O. The maximum absolute atomic E-state index is 12.0. The first kappa shape index (κ1) is 13.7. The summed E-state index contributed by atoms with van der Waals surface area (Å²) in [4.78, 5) is 20.3. The predicted octanol–water partition coefficient (Wildman–Crippen LogP) is 2.98. The van der Waals surface area contributed by atoms with Crippen LogP contribution in [0.25, 0.3) is 0 Å². The van der Waals surface area contributed by atoms with Crippen LogP contribution in [0.2, 0.25) is 0 Å². The van der Waals surface area contributed by atoms with Crippen LogP contribution in [-0.4, -0.2) is 15.9 Å². The molecule has 2 aromatic heterocycles. The van der Waals surface area contributed by atoms with Gasteiger partial charge in [0.15, 0.2) is 0 Å². The Labute approximate surface area is 120 Å². The molecule has 1 N–H and O–H groups in total. The lowest BCUT2D eigenvalue weighted by atomic mass is 10.1. The quantitative estimate of drug-likeness (QED) is 0.942. The van der Waals surface area contributed by atoms with E-state index in [0.29, 0.717) is 12.2 Å². The molecule has 0 aromatic carbocycles. The molecule has 2 rings (SSSR count). The van der Waals surface area contributed by atoms with Crippen molar-refractivity contribution in [1.29, 1.82) is 0 Å². The van der Waals surface area contributed by atoms with E-state index in [1.54, 1.807) is 18.5 Å². The van der Waals surface area contributed by atoms with E-state index in [1.807, 2.05) is 25.1 Å². The first-order valence-electron chi connectivity index (χ1n) is 6.03. The molecule has 98 valence electrons. The van der Waals surface area contributed by atoms with Crippen LogP contribution >= 0.6 is 15.9 Å². The maximum Gasteiger partial charge on any atom is 0.230 e. The van der Waals surface area contributed by atoms with Crippen LogP contribution in [0.5, 0.6) is 0 Å². The summed E-state index contributed by atoms with van der Waals surface area (Å²) in [5.41, 5.74) is 1.88. The predicted molar refractivity (Wildman–Crippen MR) is 77.9 cm³/mol. The van der Waals surface area contributed by atoms with E-state index in [1.165, 1.54) is 0 Å². The van der Waals surface area contributed by atoms with Gasteiger partial charge in [-0.2, -0.15) is 0 Å². The third-order valence-electron chi connectivity index (χ3n) is 2.64. The summed E-state index contributed by atoms with van der Waals surface area (Å²) in [6.45, 7) is 2.02. The normalized spacial score (nSPS) is 10.2. The number of hydrogen-bond acceptors (Lipinski definition) is 3. The Morgan fingerprint density at radius 2 is 2.21 bits per heavy atom. The highest BCUT2D eigenvalue weighted by Crippen LogP contribution is 2.15. The zero-order valence-electron chi connectivity index (χ0n) is 10.6. The SMILES string of the molecule is CCc1ncc(Br)cc1CC(=O)Nc1ccccn1. The van der Waals surface area contributed by atoms with Gasteiger partial charge in [-0.25, -0.2) is 4.98 Å². The number of anilines is 1. The number of carbonyl (C=O) groups is 1. The molecule has 0 aliphatic rings. The van der Waals surface area contributed by atoms with Crippen LogP contribution in [-0.2, 0) is 17.6 Å². The number of carbonyl (C=O) groups excluding carboxylic acids is 1. The van der Waals surface area contributed by atoms with Crippen molar-refractivity contribution in [2.75, 3.05) is 5.32 Å². The summed E-state index contributed by atoms with van der Waals surface area (Å²) >= 11 is 3.38. The lowest BCUT2D eigenvalue weighted by molar-refractivity contribution is -0.115. The Bertz CT molecular complexity index is 572. The van der Waals surface area contributed by atoms with Crippen LogP contribution in [0.1, 0.15) is 18.2 Å². The largest absolute Gasteiger partial charge is 0.310 e. The minimum atomic E-state index is -0.0895. The van der Waals surface area contributed by atoms with Crippen molar-refractivity contribution in [1.82, 2.24) is 9.97 Å². The van der Waals surface area contributed by atoms with Gasteiger partial charge in [-0.15, -0.1) is 0 Å². The van der Waals surface area contributed by atoms with E-state index in [9.17, 15) is 4.79 Å². The van der Waals surface area contributed by atoms with Crippen molar-refractivity contribution in [2.24, 2.45) is 0 Å². The molecule has 0 aliphatic carbocycles. The van der Waals surface area contributed by atoms with Crippen LogP contribution in [0.15, 0.2) is 41.1 Å². The van der Waals surface area contributed by atoms with Gasteiger partial charge in [0.2, 0.25) is 5.91 Å². The van der Waals surface area contributed by atoms with Crippen LogP contribution in [0.3, 0.4) is 0 Å². The second-order valence-corrected chi connectivity index (χ2v) is 4.97. The third kappa shape index (κ3) is 3.86. The molecule has 0 unspecified atom stereocenters. The van der Waals surface area contributed by atoms with E-state index < -0.39 is 0 Å². The van der Waals surface area contributed by atoms with Gasteiger partial charge >= 0.3 is 0 Å². The molecule has 0 saturated carbocycles. The van der Waals surface area contributed by atoms with Crippen molar-refractivity contribution in [3.8, 4) is 0 Å². The Morgan fingerprint density at radius 3 is 2.89 bits per heavy atom. The molecular weight excluding hydrogens is 306 g/mol. The average Bonchev–Trinajstić information content (AvgIpc) is 2.40. The van der Waals surface area contributed by atoms with Crippen molar-refractivity contribution < 1.29 is 4.79 Å². The fraction of sp³-hybridized carbons (Fsp3) is 0.214. The molecule has 4 nitrogen and oxygen atoms in total. The van der Waals surface area contributed by atoms with Gasteiger partial charge in [-0.05, 0) is 46.1 Å². The van der Waals surface area contributed by atoms with E-state index in [0.717, 1.165) is 22.2 Å². The summed E-state index contributed by atoms with van der Waals surface area (Å²) in [6, 6.07) is 7.34. The zero-order chi connectivity index (χ0) is 13.7. The number of halogens is 1. The molecule has 0 aliphatic heterocycles. The average molecular weight is 320 g/mol. The summed E-state index contributed by atoms with van der Waals surface area (Å²) < 4.78 is 0.880. The van der Waals surface area contributed by atoms with Crippen LogP contribution in [0.4, 0.5) is 5.82 Å².